The van der Waals surface area contributed by atoms with E-state index < -0.39 is 15.8 Å². The summed E-state index contributed by atoms with van der Waals surface area (Å²) >= 11 is 0. The molecule has 1 saturated heterocycles. The Bertz CT molecular complexity index is 742. The Hall–Kier alpha value is -1.51. The van der Waals surface area contributed by atoms with E-state index in [1.807, 2.05) is 11.8 Å². The van der Waals surface area contributed by atoms with Gasteiger partial charge in [-0.2, -0.15) is 4.31 Å². The predicted octanol–water partition coefficient (Wildman–Crippen LogP) is 1.58. The highest BCUT2D eigenvalue weighted by Crippen LogP contribution is 2.20. The van der Waals surface area contributed by atoms with E-state index in [2.05, 4.69) is 5.32 Å². The smallest absolute Gasteiger partial charge is 0.243 e. The number of carbonyl (C=O) groups excluding carboxylic acids is 1. The highest BCUT2D eigenvalue weighted by Gasteiger charge is 2.32. The molecule has 1 N–H and O–H groups in total. The van der Waals surface area contributed by atoms with Crippen molar-refractivity contribution in [1.29, 1.82) is 0 Å². The van der Waals surface area contributed by atoms with E-state index >= 15 is 0 Å². The van der Waals surface area contributed by atoms with Crippen LogP contribution in [0.2, 0.25) is 0 Å². The van der Waals surface area contributed by atoms with Gasteiger partial charge in [0.15, 0.2) is 0 Å². The third-order valence-corrected chi connectivity index (χ3v) is 7.23. The van der Waals surface area contributed by atoms with E-state index in [1.165, 1.54) is 22.5 Å². The van der Waals surface area contributed by atoms with Gasteiger partial charge in [0.25, 0.3) is 0 Å². The van der Waals surface area contributed by atoms with Gasteiger partial charge in [-0.15, -0.1) is 0 Å². The van der Waals surface area contributed by atoms with Crippen LogP contribution in [-0.2, 0) is 14.8 Å². The van der Waals surface area contributed by atoms with E-state index in [4.69, 9.17) is 0 Å². The number of piperazine rings is 1. The van der Waals surface area contributed by atoms with Gasteiger partial charge in [-0.05, 0) is 38.0 Å². The zero-order valence-corrected chi connectivity index (χ0v) is 15.8. The highest BCUT2D eigenvalue weighted by molar-refractivity contribution is 7.89. The lowest BCUT2D eigenvalue weighted by atomic mass is 10.2. The number of halogens is 1. The van der Waals surface area contributed by atoms with Crippen LogP contribution in [-0.4, -0.2) is 61.8 Å². The quantitative estimate of drug-likeness (QED) is 0.838. The van der Waals surface area contributed by atoms with Crippen molar-refractivity contribution < 1.29 is 17.6 Å². The Morgan fingerprint density at radius 3 is 2.46 bits per heavy atom. The molecular formula is C18H26FN3O3S. The zero-order chi connectivity index (χ0) is 18.7. The van der Waals surface area contributed by atoms with Gasteiger partial charge in [0, 0.05) is 32.2 Å². The second-order valence-corrected chi connectivity index (χ2v) is 9.00. The van der Waals surface area contributed by atoms with Crippen molar-refractivity contribution in [3.8, 4) is 0 Å². The second-order valence-electron chi connectivity index (χ2n) is 7.06. The van der Waals surface area contributed by atoms with Crippen LogP contribution in [0.3, 0.4) is 0 Å². The largest absolute Gasteiger partial charge is 0.352 e. The summed E-state index contributed by atoms with van der Waals surface area (Å²) in [5, 5.41) is 3.10. The molecule has 1 aliphatic heterocycles. The molecule has 8 heteroatoms. The number of nitrogens with one attached hydrogen (secondary N) is 1. The maximum atomic E-state index is 13.4. The lowest BCUT2D eigenvalue weighted by Gasteiger charge is -2.37. The second kappa shape index (κ2) is 8.02. The summed E-state index contributed by atoms with van der Waals surface area (Å²) in [5.74, 6) is -0.555. The average molecular weight is 383 g/mol. The monoisotopic (exact) mass is 383 g/mol. The zero-order valence-electron chi connectivity index (χ0n) is 15.0. The summed E-state index contributed by atoms with van der Waals surface area (Å²) < 4.78 is 40.0. The molecule has 144 valence electrons. The fourth-order valence-corrected chi connectivity index (χ4v) is 5.12. The van der Waals surface area contributed by atoms with Crippen molar-refractivity contribution in [1.82, 2.24) is 14.5 Å². The Kier molecular flexibility index (Phi) is 5.94. The van der Waals surface area contributed by atoms with E-state index in [0.29, 0.717) is 26.2 Å². The minimum Gasteiger partial charge on any atom is -0.352 e. The van der Waals surface area contributed by atoms with Crippen LogP contribution in [0.5, 0.6) is 0 Å². The fourth-order valence-electron chi connectivity index (χ4n) is 3.67. The Morgan fingerprint density at radius 2 is 1.85 bits per heavy atom. The van der Waals surface area contributed by atoms with Crippen LogP contribution < -0.4 is 5.32 Å². The molecule has 0 aromatic heterocycles. The summed E-state index contributed by atoms with van der Waals surface area (Å²) in [4.78, 5) is 14.4. The van der Waals surface area contributed by atoms with Gasteiger partial charge < -0.3 is 5.32 Å². The number of hydrogen-bond donors (Lipinski definition) is 1. The van der Waals surface area contributed by atoms with Gasteiger partial charge >= 0.3 is 0 Å². The SMILES string of the molecule is CC(C(=O)NC1CCCC1)N1CCN(S(=O)(=O)c2cccc(F)c2)CC1. The number of hydrogen-bond acceptors (Lipinski definition) is 4. The third kappa shape index (κ3) is 4.24. The van der Waals surface area contributed by atoms with Crippen molar-refractivity contribution in [3.05, 3.63) is 30.1 Å². The molecule has 1 amide bonds. The summed E-state index contributed by atoms with van der Waals surface area (Å²) in [6, 6.07) is 5.06. The molecule has 1 heterocycles. The predicted molar refractivity (Wildman–Crippen MR) is 96.6 cm³/mol. The summed E-state index contributed by atoms with van der Waals surface area (Å²) in [6.45, 7) is 3.41. The highest BCUT2D eigenvalue weighted by atomic mass is 32.2. The molecule has 1 saturated carbocycles. The third-order valence-electron chi connectivity index (χ3n) is 5.34. The molecule has 1 atom stereocenters. The number of benzene rings is 1. The maximum absolute atomic E-state index is 13.4. The molecule has 0 spiro atoms. The molecule has 1 unspecified atom stereocenters. The number of rotatable bonds is 5. The lowest BCUT2D eigenvalue weighted by Crippen LogP contribution is -2.55. The van der Waals surface area contributed by atoms with Crippen LogP contribution in [0.4, 0.5) is 4.39 Å². The maximum Gasteiger partial charge on any atom is 0.243 e. The van der Waals surface area contributed by atoms with Gasteiger partial charge in [-0.3, -0.25) is 9.69 Å². The topological polar surface area (TPSA) is 69.7 Å². The molecule has 1 aromatic rings. The minimum atomic E-state index is -3.71. The van der Waals surface area contributed by atoms with E-state index in [0.717, 1.165) is 31.7 Å². The van der Waals surface area contributed by atoms with E-state index in [-0.39, 0.29) is 22.9 Å². The van der Waals surface area contributed by atoms with Crippen molar-refractivity contribution in [2.75, 3.05) is 26.2 Å². The number of amides is 1. The van der Waals surface area contributed by atoms with Gasteiger partial charge in [-0.25, -0.2) is 12.8 Å². The molecule has 2 fully saturated rings. The number of carbonyl (C=O) groups is 1. The molecule has 26 heavy (non-hydrogen) atoms. The number of nitrogens with zero attached hydrogens (tertiary/aromatic N) is 2. The van der Waals surface area contributed by atoms with Crippen LogP contribution >= 0.6 is 0 Å². The van der Waals surface area contributed by atoms with Crippen LogP contribution in [0.25, 0.3) is 0 Å². The number of sulfonamides is 1. The normalized spacial score (nSPS) is 21.6. The molecular weight excluding hydrogens is 357 g/mol. The summed E-state index contributed by atoms with van der Waals surface area (Å²) in [6.07, 6.45) is 4.40. The summed E-state index contributed by atoms with van der Waals surface area (Å²) in [7, 11) is -3.71. The Balaban J connectivity index is 1.57. The first kappa shape index (κ1) is 19.3. The molecule has 0 bridgehead atoms. The molecule has 3 rings (SSSR count). The van der Waals surface area contributed by atoms with Crippen molar-refractivity contribution in [3.63, 3.8) is 0 Å². The first-order valence-electron chi connectivity index (χ1n) is 9.18. The molecule has 0 radical (unpaired) electrons. The summed E-state index contributed by atoms with van der Waals surface area (Å²) in [5.41, 5.74) is 0. The average Bonchev–Trinajstić information content (AvgIpc) is 3.14. The first-order chi connectivity index (χ1) is 12.4. The van der Waals surface area contributed by atoms with Gasteiger partial charge in [0.2, 0.25) is 15.9 Å². The minimum absolute atomic E-state index is 0.0123. The lowest BCUT2D eigenvalue weighted by molar-refractivity contribution is -0.127. The van der Waals surface area contributed by atoms with Crippen LogP contribution in [0.15, 0.2) is 29.2 Å². The van der Waals surface area contributed by atoms with Crippen molar-refractivity contribution in [2.24, 2.45) is 0 Å². The first-order valence-corrected chi connectivity index (χ1v) is 10.6. The van der Waals surface area contributed by atoms with E-state index in [9.17, 15) is 17.6 Å². The van der Waals surface area contributed by atoms with E-state index in [1.54, 1.807) is 0 Å². The van der Waals surface area contributed by atoms with Gasteiger partial charge in [0.1, 0.15) is 5.82 Å². The fraction of sp³-hybridized carbons (Fsp3) is 0.611. The Labute approximate surface area is 154 Å². The van der Waals surface area contributed by atoms with Crippen molar-refractivity contribution >= 4 is 15.9 Å². The Morgan fingerprint density at radius 1 is 1.19 bits per heavy atom. The molecule has 1 aromatic carbocycles. The standard InChI is InChI=1S/C18H26FN3O3S/c1-14(18(23)20-16-6-2-3-7-16)21-9-11-22(12-10-21)26(24,25)17-8-4-5-15(19)13-17/h4-5,8,13-14,16H,2-3,6-7,9-12H2,1H3,(H,20,23). The molecule has 1 aliphatic carbocycles. The van der Waals surface area contributed by atoms with Crippen LogP contribution in [0.1, 0.15) is 32.6 Å². The molecule has 2 aliphatic rings. The van der Waals surface area contributed by atoms with Gasteiger partial charge in [0.05, 0.1) is 10.9 Å². The van der Waals surface area contributed by atoms with Crippen LogP contribution in [0, 0.1) is 5.82 Å². The molecule has 6 nitrogen and oxygen atoms in total. The van der Waals surface area contributed by atoms with Gasteiger partial charge in [-0.1, -0.05) is 18.9 Å². The van der Waals surface area contributed by atoms with Crippen molar-refractivity contribution in [2.45, 2.75) is 49.6 Å².